The standard InChI is InChI=1S/C4H9.C3H7O2.Sn/c1-3-4-2;1-4-3-5-2;/h1,3-4H2,2H3;3H,1-2H3;. The van der Waals surface area contributed by atoms with Crippen molar-refractivity contribution in [2.45, 2.75) is 28.5 Å². The van der Waals surface area contributed by atoms with Crippen LogP contribution in [0.15, 0.2) is 0 Å². The van der Waals surface area contributed by atoms with Gasteiger partial charge < -0.3 is 0 Å². The molecule has 10 heavy (non-hydrogen) atoms. The summed E-state index contributed by atoms with van der Waals surface area (Å²) in [6, 6.07) is 0. The van der Waals surface area contributed by atoms with Crippen LogP contribution in [0.3, 0.4) is 0 Å². The number of unbranched alkanes of at least 4 members (excludes halogenated alkanes) is 1. The van der Waals surface area contributed by atoms with Crippen LogP contribution < -0.4 is 0 Å². The Morgan fingerprint density at radius 2 is 1.90 bits per heavy atom. The molecule has 0 N–H and O–H groups in total. The van der Waals surface area contributed by atoms with E-state index >= 15 is 0 Å². The monoisotopic (exact) mass is 252 g/mol. The molecule has 2 radical (unpaired) electrons. The Morgan fingerprint density at radius 1 is 1.30 bits per heavy atom. The molecule has 0 spiro atoms. The Labute approximate surface area is 73.5 Å². The number of ether oxygens (including phenoxy) is 2. The molecule has 0 bridgehead atoms. The zero-order chi connectivity index (χ0) is 7.82. The topological polar surface area (TPSA) is 18.5 Å². The summed E-state index contributed by atoms with van der Waals surface area (Å²) < 4.78 is 11.7. The van der Waals surface area contributed by atoms with E-state index in [1.807, 2.05) is 0 Å². The molecule has 0 aromatic rings. The van der Waals surface area contributed by atoms with Crippen molar-refractivity contribution in [1.29, 1.82) is 0 Å². The molecule has 0 fully saturated rings. The molecule has 0 saturated carbocycles. The van der Waals surface area contributed by atoms with E-state index < -0.39 is 0 Å². The van der Waals surface area contributed by atoms with Gasteiger partial charge >= 0.3 is 73.3 Å². The van der Waals surface area contributed by atoms with Crippen molar-refractivity contribution < 1.29 is 9.47 Å². The summed E-state index contributed by atoms with van der Waals surface area (Å²) in [6.07, 6.45) is 2.64. The number of rotatable bonds is 6. The zero-order valence-corrected chi connectivity index (χ0v) is 9.87. The van der Waals surface area contributed by atoms with E-state index in [1.54, 1.807) is 14.2 Å². The molecule has 0 aliphatic heterocycles. The van der Waals surface area contributed by atoms with E-state index in [4.69, 9.17) is 9.47 Å². The van der Waals surface area contributed by atoms with Crippen molar-refractivity contribution in [2.24, 2.45) is 0 Å². The average molecular weight is 251 g/mol. The van der Waals surface area contributed by atoms with Crippen LogP contribution in [-0.2, 0) is 9.47 Å². The van der Waals surface area contributed by atoms with Gasteiger partial charge in [-0.1, -0.05) is 0 Å². The van der Waals surface area contributed by atoms with Crippen LogP contribution in [-0.4, -0.2) is 39.7 Å². The number of methoxy groups -OCH3 is 2. The maximum atomic E-state index is 5.10. The predicted molar refractivity (Wildman–Crippen MR) is 43.3 cm³/mol. The van der Waals surface area contributed by atoms with Gasteiger partial charge in [0.2, 0.25) is 0 Å². The number of hydrogen-bond acceptors (Lipinski definition) is 2. The summed E-state index contributed by atoms with van der Waals surface area (Å²) >= 11 is -0.387. The van der Waals surface area contributed by atoms with E-state index in [9.17, 15) is 0 Å². The molecule has 0 aromatic heterocycles. The van der Waals surface area contributed by atoms with Crippen molar-refractivity contribution in [3.05, 3.63) is 0 Å². The van der Waals surface area contributed by atoms with Crippen LogP contribution in [0, 0.1) is 0 Å². The summed E-state index contributed by atoms with van der Waals surface area (Å²) in [5.74, 6) is 0. The minimum absolute atomic E-state index is 0.176. The molecule has 0 amide bonds. The molecule has 3 heteroatoms. The maximum absolute atomic E-state index is 5.10. The van der Waals surface area contributed by atoms with E-state index in [2.05, 4.69) is 6.92 Å². The molecule has 0 aliphatic rings. The third kappa shape index (κ3) is 5.50. The van der Waals surface area contributed by atoms with Gasteiger partial charge in [-0.2, -0.15) is 0 Å². The molecule has 0 atom stereocenters. The Hall–Kier alpha value is 0.719. The average Bonchev–Trinajstić information content (AvgIpc) is 1.99. The molecule has 60 valence electrons. The van der Waals surface area contributed by atoms with E-state index in [0.717, 1.165) is 0 Å². The van der Waals surface area contributed by atoms with Gasteiger partial charge in [-0.3, -0.25) is 0 Å². The Kier molecular flexibility index (Phi) is 8.38. The summed E-state index contributed by atoms with van der Waals surface area (Å²) in [7, 11) is 3.45. The van der Waals surface area contributed by atoms with Gasteiger partial charge in [0.15, 0.2) is 0 Å². The number of hydrogen-bond donors (Lipinski definition) is 0. The van der Waals surface area contributed by atoms with Gasteiger partial charge in [0, 0.05) is 0 Å². The summed E-state index contributed by atoms with van der Waals surface area (Å²) in [5, 5.41) is 0. The molecule has 0 saturated heterocycles. The third-order valence-corrected chi connectivity index (χ3v) is 5.40. The second kappa shape index (κ2) is 7.82. The molecule has 0 aromatic carbocycles. The van der Waals surface area contributed by atoms with Crippen LogP contribution >= 0.6 is 0 Å². The van der Waals surface area contributed by atoms with Crippen LogP contribution in [0.5, 0.6) is 0 Å². The predicted octanol–water partition coefficient (Wildman–Crippen LogP) is 1.49. The zero-order valence-electron chi connectivity index (χ0n) is 7.02. The molecular weight excluding hydrogens is 235 g/mol. The normalized spacial score (nSPS) is 10.8. The molecule has 0 unspecified atom stereocenters. The molecular formula is C7H16O2Sn. The summed E-state index contributed by atoms with van der Waals surface area (Å²) in [4.78, 5) is 0. The fourth-order valence-electron chi connectivity index (χ4n) is 0.660. The van der Waals surface area contributed by atoms with Gasteiger partial charge in [-0.05, 0) is 0 Å². The van der Waals surface area contributed by atoms with Gasteiger partial charge in [0.1, 0.15) is 0 Å². The molecule has 0 aliphatic carbocycles. The minimum atomic E-state index is -0.387. The second-order valence-electron chi connectivity index (χ2n) is 2.11. The Morgan fingerprint density at radius 3 is 2.30 bits per heavy atom. The Bertz CT molecular complexity index is 64.6. The van der Waals surface area contributed by atoms with Gasteiger partial charge in [-0.25, -0.2) is 0 Å². The summed E-state index contributed by atoms with van der Waals surface area (Å²) in [6.45, 7) is 2.22. The quantitative estimate of drug-likeness (QED) is 0.404. The van der Waals surface area contributed by atoms with Crippen LogP contribution in [0.4, 0.5) is 0 Å². The van der Waals surface area contributed by atoms with Gasteiger partial charge in [0.05, 0.1) is 0 Å². The Balaban J connectivity index is 3.09. The van der Waals surface area contributed by atoms with Crippen LogP contribution in [0.1, 0.15) is 19.8 Å². The van der Waals surface area contributed by atoms with Crippen molar-refractivity contribution in [2.75, 3.05) is 14.2 Å². The third-order valence-electron chi connectivity index (χ3n) is 1.27. The SMILES string of the molecule is CCC[CH2][Sn][CH](OC)OC. The van der Waals surface area contributed by atoms with E-state index in [-0.39, 0.29) is 25.4 Å². The van der Waals surface area contributed by atoms with E-state index in [1.165, 1.54) is 17.3 Å². The van der Waals surface area contributed by atoms with Crippen molar-refractivity contribution in [3.63, 3.8) is 0 Å². The van der Waals surface area contributed by atoms with Crippen LogP contribution in [0.2, 0.25) is 4.44 Å². The molecule has 0 rings (SSSR count). The molecule has 0 heterocycles. The summed E-state index contributed by atoms with van der Waals surface area (Å²) in [5.41, 5.74) is 0. The van der Waals surface area contributed by atoms with Gasteiger partial charge in [0.25, 0.3) is 0 Å². The first-order valence-electron chi connectivity index (χ1n) is 3.64. The van der Waals surface area contributed by atoms with Crippen molar-refractivity contribution in [3.8, 4) is 0 Å². The molecule has 2 nitrogen and oxygen atoms in total. The van der Waals surface area contributed by atoms with Gasteiger partial charge in [-0.15, -0.1) is 0 Å². The van der Waals surface area contributed by atoms with E-state index in [0.29, 0.717) is 0 Å². The first kappa shape index (κ1) is 10.7. The fraction of sp³-hybridized carbons (Fsp3) is 1.00. The van der Waals surface area contributed by atoms with Crippen LogP contribution in [0.25, 0.3) is 0 Å². The first-order chi connectivity index (χ1) is 4.85. The first-order valence-corrected chi connectivity index (χ1v) is 7.30. The second-order valence-corrected chi connectivity index (χ2v) is 6.05. The van der Waals surface area contributed by atoms with Crippen molar-refractivity contribution in [1.82, 2.24) is 0 Å². The fourth-order valence-corrected chi connectivity index (χ4v) is 3.88. The van der Waals surface area contributed by atoms with Crippen molar-refractivity contribution >= 4 is 21.1 Å².